The lowest BCUT2D eigenvalue weighted by Gasteiger charge is -2.09. The smallest absolute Gasteiger partial charge is 0.271 e. The zero-order chi connectivity index (χ0) is 19.2. The molecule has 0 aliphatic carbocycles. The molecule has 0 spiro atoms. The number of ether oxygens (including phenoxy) is 2. The summed E-state index contributed by atoms with van der Waals surface area (Å²) in [7, 11) is 1.59. The highest BCUT2D eigenvalue weighted by molar-refractivity contribution is 5.92. The average molecular weight is 369 g/mol. The summed E-state index contributed by atoms with van der Waals surface area (Å²) in [6.07, 6.45) is 1.70. The molecule has 0 radical (unpaired) electrons. The van der Waals surface area contributed by atoms with Gasteiger partial charge in [-0.2, -0.15) is 5.10 Å². The van der Waals surface area contributed by atoms with Crippen LogP contribution in [-0.2, 0) is 0 Å². The van der Waals surface area contributed by atoms with Crippen LogP contribution in [0, 0.1) is 12.7 Å². The summed E-state index contributed by atoms with van der Waals surface area (Å²) in [4.78, 5) is 12.2. The third-order valence-electron chi connectivity index (χ3n) is 3.86. The van der Waals surface area contributed by atoms with E-state index in [2.05, 4.69) is 10.4 Å². The van der Waals surface area contributed by atoms with E-state index >= 15 is 0 Å². The molecule has 0 bridgehead atoms. The third-order valence-corrected chi connectivity index (χ3v) is 3.86. The Morgan fingerprint density at radius 2 is 2.07 bits per heavy atom. The fraction of sp³-hybridized carbons (Fsp3) is 0.200. The Kier molecular flexibility index (Phi) is 5.71. The maximum atomic E-state index is 13.1. The van der Waals surface area contributed by atoms with Crippen molar-refractivity contribution < 1.29 is 18.7 Å². The molecule has 6 nitrogen and oxygen atoms in total. The summed E-state index contributed by atoms with van der Waals surface area (Å²) in [5, 5.41) is 7.04. The normalized spacial score (nSPS) is 10.5. The van der Waals surface area contributed by atoms with Gasteiger partial charge in [0.05, 0.1) is 13.7 Å². The van der Waals surface area contributed by atoms with Crippen LogP contribution in [0.4, 0.5) is 4.39 Å². The average Bonchev–Trinajstić information content (AvgIpc) is 3.15. The van der Waals surface area contributed by atoms with Gasteiger partial charge in [-0.1, -0.05) is 12.1 Å². The number of carbonyl (C=O) groups excluding carboxylic acids is 1. The first-order valence-electron chi connectivity index (χ1n) is 8.44. The molecule has 0 atom stereocenters. The fourth-order valence-corrected chi connectivity index (χ4v) is 2.54. The number of halogens is 1. The van der Waals surface area contributed by atoms with E-state index in [9.17, 15) is 9.18 Å². The molecule has 27 heavy (non-hydrogen) atoms. The van der Waals surface area contributed by atoms with Crippen LogP contribution in [-0.4, -0.2) is 35.9 Å². The van der Waals surface area contributed by atoms with Crippen LogP contribution >= 0.6 is 0 Å². The van der Waals surface area contributed by atoms with Crippen LogP contribution in [0.3, 0.4) is 0 Å². The van der Waals surface area contributed by atoms with Crippen molar-refractivity contribution in [1.29, 1.82) is 0 Å². The van der Waals surface area contributed by atoms with Crippen molar-refractivity contribution in [2.24, 2.45) is 0 Å². The lowest BCUT2D eigenvalue weighted by molar-refractivity contribution is 0.0941. The quantitative estimate of drug-likeness (QED) is 0.650. The Labute approximate surface area is 156 Å². The maximum Gasteiger partial charge on any atom is 0.271 e. The molecule has 0 aliphatic heterocycles. The number of carbonyl (C=O) groups is 1. The molecule has 0 fully saturated rings. The number of aryl methyl sites for hydroxylation is 1. The van der Waals surface area contributed by atoms with Crippen molar-refractivity contribution in [3.05, 3.63) is 71.8 Å². The van der Waals surface area contributed by atoms with Crippen molar-refractivity contribution in [2.45, 2.75) is 6.92 Å². The van der Waals surface area contributed by atoms with Crippen molar-refractivity contribution in [3.8, 4) is 17.2 Å². The van der Waals surface area contributed by atoms with Gasteiger partial charge in [0.25, 0.3) is 5.91 Å². The lowest BCUT2D eigenvalue weighted by Crippen LogP contribution is -2.28. The number of methoxy groups -OCH3 is 1. The first-order chi connectivity index (χ1) is 13.1. The number of amides is 1. The Balaban J connectivity index is 1.58. The van der Waals surface area contributed by atoms with Crippen molar-refractivity contribution in [3.63, 3.8) is 0 Å². The molecule has 1 N–H and O–H groups in total. The highest BCUT2D eigenvalue weighted by Crippen LogP contribution is 2.23. The molecule has 140 valence electrons. The zero-order valence-corrected chi connectivity index (χ0v) is 15.1. The van der Waals surface area contributed by atoms with Crippen molar-refractivity contribution in [2.75, 3.05) is 20.3 Å². The predicted octanol–water partition coefficient (Wildman–Crippen LogP) is 3.14. The molecule has 1 aromatic heterocycles. The van der Waals surface area contributed by atoms with Gasteiger partial charge in [-0.25, -0.2) is 9.07 Å². The van der Waals surface area contributed by atoms with E-state index in [1.807, 2.05) is 25.1 Å². The lowest BCUT2D eigenvalue weighted by atomic mass is 10.2. The number of nitrogens with zero attached hydrogens (tertiary/aromatic N) is 2. The van der Waals surface area contributed by atoms with Gasteiger partial charge in [0.15, 0.2) is 5.69 Å². The van der Waals surface area contributed by atoms with Gasteiger partial charge in [-0.15, -0.1) is 0 Å². The summed E-state index contributed by atoms with van der Waals surface area (Å²) in [6, 6.07) is 13.2. The molecule has 0 aliphatic rings. The van der Waals surface area contributed by atoms with E-state index in [1.54, 1.807) is 36.2 Å². The molecule has 0 saturated carbocycles. The van der Waals surface area contributed by atoms with Gasteiger partial charge in [-0.05, 0) is 42.8 Å². The van der Waals surface area contributed by atoms with Gasteiger partial charge in [0, 0.05) is 12.3 Å². The first kappa shape index (κ1) is 18.4. The van der Waals surface area contributed by atoms with E-state index in [-0.39, 0.29) is 30.6 Å². The Hall–Kier alpha value is -3.35. The minimum Gasteiger partial charge on any atom is -0.494 e. The second-order valence-electron chi connectivity index (χ2n) is 5.88. The minimum absolute atomic E-state index is 0.224. The Bertz CT molecular complexity index is 940. The van der Waals surface area contributed by atoms with E-state index in [4.69, 9.17) is 9.47 Å². The van der Waals surface area contributed by atoms with Crippen LogP contribution < -0.4 is 14.8 Å². The minimum atomic E-state index is -0.367. The van der Waals surface area contributed by atoms with E-state index in [0.29, 0.717) is 11.5 Å². The predicted molar refractivity (Wildman–Crippen MR) is 99.1 cm³/mol. The van der Waals surface area contributed by atoms with E-state index in [0.717, 1.165) is 11.3 Å². The van der Waals surface area contributed by atoms with Gasteiger partial charge in [-0.3, -0.25) is 4.79 Å². The number of rotatable bonds is 7. The molecule has 7 heteroatoms. The molecule has 1 heterocycles. The number of nitrogens with one attached hydrogen (secondary N) is 1. The van der Waals surface area contributed by atoms with Crippen LogP contribution in [0.15, 0.2) is 54.7 Å². The standard InChI is InChI=1S/C20H20FN3O3/c1-14-6-7-19(26-2)18(12-14)24-10-8-17(23-24)20(25)22-9-11-27-16-5-3-4-15(21)13-16/h3-8,10,12-13H,9,11H2,1-2H3,(H,22,25). The Morgan fingerprint density at radius 3 is 2.85 bits per heavy atom. The summed E-state index contributed by atoms with van der Waals surface area (Å²) < 4.78 is 25.4. The summed E-state index contributed by atoms with van der Waals surface area (Å²) in [6.45, 7) is 2.47. The van der Waals surface area contributed by atoms with Crippen molar-refractivity contribution in [1.82, 2.24) is 15.1 Å². The monoisotopic (exact) mass is 369 g/mol. The van der Waals surface area contributed by atoms with E-state index in [1.165, 1.54) is 12.1 Å². The summed E-state index contributed by atoms with van der Waals surface area (Å²) >= 11 is 0. The van der Waals surface area contributed by atoms with Crippen LogP contribution in [0.1, 0.15) is 16.1 Å². The molecule has 3 aromatic rings. The summed E-state index contributed by atoms with van der Waals surface area (Å²) in [5.41, 5.74) is 2.09. The number of benzene rings is 2. The van der Waals surface area contributed by atoms with Gasteiger partial charge in [0.2, 0.25) is 0 Å². The molecular formula is C20H20FN3O3. The van der Waals surface area contributed by atoms with Crippen molar-refractivity contribution >= 4 is 5.91 Å². The highest BCUT2D eigenvalue weighted by Gasteiger charge is 2.12. The fourth-order valence-electron chi connectivity index (χ4n) is 2.54. The third kappa shape index (κ3) is 4.63. The van der Waals surface area contributed by atoms with E-state index < -0.39 is 0 Å². The number of hydrogen-bond acceptors (Lipinski definition) is 4. The molecule has 0 unspecified atom stereocenters. The van der Waals surface area contributed by atoms with Gasteiger partial charge < -0.3 is 14.8 Å². The number of hydrogen-bond donors (Lipinski definition) is 1. The summed E-state index contributed by atoms with van der Waals surface area (Å²) in [5.74, 6) is 0.399. The molecule has 1 amide bonds. The van der Waals surface area contributed by atoms with Gasteiger partial charge >= 0.3 is 0 Å². The largest absolute Gasteiger partial charge is 0.494 e. The molecule has 2 aromatic carbocycles. The SMILES string of the molecule is COc1ccc(C)cc1-n1ccc(C(=O)NCCOc2cccc(F)c2)n1. The van der Waals surface area contributed by atoms with Crippen LogP contribution in [0.2, 0.25) is 0 Å². The topological polar surface area (TPSA) is 65.4 Å². The molecule has 3 rings (SSSR count). The van der Waals surface area contributed by atoms with Crippen LogP contribution in [0.25, 0.3) is 5.69 Å². The molecular weight excluding hydrogens is 349 g/mol. The molecule has 0 saturated heterocycles. The Morgan fingerprint density at radius 1 is 1.22 bits per heavy atom. The van der Waals surface area contributed by atoms with Gasteiger partial charge in [0.1, 0.15) is 29.6 Å². The highest BCUT2D eigenvalue weighted by atomic mass is 19.1. The maximum absolute atomic E-state index is 13.1. The first-order valence-corrected chi connectivity index (χ1v) is 8.44. The second kappa shape index (κ2) is 8.35. The number of aromatic nitrogens is 2. The second-order valence-corrected chi connectivity index (χ2v) is 5.88. The zero-order valence-electron chi connectivity index (χ0n) is 15.1. The van der Waals surface area contributed by atoms with Crippen LogP contribution in [0.5, 0.6) is 11.5 Å².